The average molecular weight is 344 g/mol. The molecule has 5 heteroatoms. The molecule has 0 fully saturated rings. The van der Waals surface area contributed by atoms with Crippen LogP contribution in [0.3, 0.4) is 0 Å². The second-order valence-corrected chi connectivity index (χ2v) is 6.94. The molecule has 0 spiro atoms. The van der Waals surface area contributed by atoms with E-state index in [0.717, 1.165) is 9.65 Å². The van der Waals surface area contributed by atoms with Crippen LogP contribution in [0.15, 0.2) is 47.5 Å². The number of carbonyl (C=O) groups excluding carboxylic acids is 1. The predicted octanol–water partition coefficient (Wildman–Crippen LogP) is 1.10. The topological polar surface area (TPSA) is 49.7 Å². The van der Waals surface area contributed by atoms with Crippen LogP contribution in [0.25, 0.3) is 15.2 Å². The van der Waals surface area contributed by atoms with Crippen molar-refractivity contribution < 1.29 is 14.3 Å². The molecule has 2 heterocycles. The second-order valence-electron chi connectivity index (χ2n) is 4.73. The van der Waals surface area contributed by atoms with Gasteiger partial charge in [-0.25, -0.2) is 0 Å². The Morgan fingerprint density at radius 2 is 1.95 bits per heavy atom. The van der Waals surface area contributed by atoms with E-state index in [4.69, 9.17) is 0 Å². The van der Waals surface area contributed by atoms with Crippen LogP contribution < -0.4 is 10.6 Å². The van der Waals surface area contributed by atoms with Gasteiger partial charge in [0.25, 0.3) is 0 Å². The van der Waals surface area contributed by atoms with E-state index < -0.39 is 11.7 Å². The second kappa shape index (κ2) is 4.38. The van der Waals surface area contributed by atoms with Crippen molar-refractivity contribution in [3.63, 3.8) is 0 Å². The molecule has 0 aliphatic carbocycles. The molecule has 1 aliphatic rings. The van der Waals surface area contributed by atoms with Crippen LogP contribution in [0.2, 0.25) is 0 Å². The van der Waals surface area contributed by atoms with Gasteiger partial charge in [-0.2, -0.15) is 0 Å². The molecule has 0 bridgehead atoms. The Bertz CT molecular complexity index is 1040. The Hall–Kier alpha value is -2.23. The van der Waals surface area contributed by atoms with Gasteiger partial charge < -0.3 is 0 Å². The first-order chi connectivity index (χ1) is 10.1. The third-order valence-corrected chi connectivity index (χ3v) is 5.93. The van der Waals surface area contributed by atoms with Crippen molar-refractivity contribution in [2.45, 2.75) is 0 Å². The van der Waals surface area contributed by atoms with Crippen molar-refractivity contribution in [3.05, 3.63) is 63.3 Å². The van der Waals surface area contributed by atoms with Gasteiger partial charge in [0.1, 0.15) is 0 Å². The molecule has 1 amide bonds. The zero-order valence-electron chi connectivity index (χ0n) is 10.6. The quantitative estimate of drug-likeness (QED) is 0.672. The summed E-state index contributed by atoms with van der Waals surface area (Å²) < 4.78 is 15.1. The minimum atomic E-state index is -0.417. The van der Waals surface area contributed by atoms with E-state index in [1.807, 2.05) is 24.3 Å². The van der Waals surface area contributed by atoms with Crippen molar-refractivity contribution in [1.82, 2.24) is 0 Å². The number of aromatic hydroxyl groups is 1. The zero-order valence-corrected chi connectivity index (χ0v) is 12.3. The normalized spacial score (nSPS) is 13.6. The molecule has 3 nitrogen and oxygen atoms in total. The number of nitrogens with zero attached hydrogens (tertiary/aromatic N) is 1. The van der Waals surface area contributed by atoms with Crippen LogP contribution in [0, 0.1) is 5.82 Å². The monoisotopic (exact) mass is 345 g/mol. The summed E-state index contributed by atoms with van der Waals surface area (Å²) in [6, 6.07) is 11.6. The summed E-state index contributed by atoms with van der Waals surface area (Å²) in [6.07, 6.45) is 0. The molecule has 0 saturated heterocycles. The fourth-order valence-electron chi connectivity index (χ4n) is 2.51. The maximum absolute atomic E-state index is 13.5. The number of fused-ring (bicyclic) bond motifs is 2. The summed E-state index contributed by atoms with van der Waals surface area (Å²) in [5.74, 6) is -0.715. The van der Waals surface area contributed by atoms with Crippen LogP contribution in [0.5, 0.6) is 5.75 Å². The summed E-state index contributed by atoms with van der Waals surface area (Å²) in [6.45, 7) is 0. The standard InChI is InChI=1S/C16H8FNO2Se/c17-8-5-6-11-10(7-8)13(16(20)18-11)15-14(19)9-3-1-2-4-12(9)21-15/h1-7,19H. The van der Waals surface area contributed by atoms with Gasteiger partial charge in [-0.15, -0.1) is 0 Å². The fraction of sp³-hybridized carbons (Fsp3) is 0. The van der Waals surface area contributed by atoms with Crippen LogP contribution in [-0.4, -0.2) is 25.5 Å². The number of amides is 1. The van der Waals surface area contributed by atoms with Gasteiger partial charge in [-0.05, 0) is 0 Å². The molecule has 1 N–H and O–H groups in total. The Labute approximate surface area is 124 Å². The Balaban J connectivity index is 2.13. The Morgan fingerprint density at radius 3 is 2.76 bits per heavy atom. The van der Waals surface area contributed by atoms with Crippen molar-refractivity contribution >= 4 is 35.6 Å². The predicted molar refractivity (Wildman–Crippen MR) is 77.3 cm³/mol. The number of halogens is 1. The molecule has 1 aromatic heterocycles. The van der Waals surface area contributed by atoms with Gasteiger partial charge in [-0.1, -0.05) is 0 Å². The molecule has 1 aliphatic heterocycles. The van der Waals surface area contributed by atoms with Gasteiger partial charge in [0.05, 0.1) is 0 Å². The van der Waals surface area contributed by atoms with Gasteiger partial charge in [0.15, 0.2) is 0 Å². The van der Waals surface area contributed by atoms with E-state index >= 15 is 0 Å². The fourth-order valence-corrected chi connectivity index (χ4v) is 4.91. The van der Waals surface area contributed by atoms with Crippen LogP contribution in [-0.2, 0) is 4.79 Å². The minimum absolute atomic E-state index is 0.112. The molecule has 0 saturated carbocycles. The van der Waals surface area contributed by atoms with Crippen molar-refractivity contribution in [2.75, 3.05) is 0 Å². The summed E-state index contributed by atoms with van der Waals surface area (Å²) in [4.78, 5) is 16.1. The summed E-state index contributed by atoms with van der Waals surface area (Å²) in [5, 5.41) is 12.1. The summed E-state index contributed by atoms with van der Waals surface area (Å²) in [7, 11) is 0. The van der Waals surface area contributed by atoms with E-state index in [-0.39, 0.29) is 20.3 Å². The van der Waals surface area contributed by atoms with E-state index in [0.29, 0.717) is 20.6 Å². The Morgan fingerprint density at radius 1 is 1.14 bits per heavy atom. The summed E-state index contributed by atoms with van der Waals surface area (Å²) in [5.41, 5.74) is 0.332. The molecule has 2 aromatic carbocycles. The molecule has 3 aromatic rings. The number of benzene rings is 2. The first-order valence-electron chi connectivity index (χ1n) is 6.29. The van der Waals surface area contributed by atoms with Crippen LogP contribution in [0.4, 0.5) is 4.39 Å². The van der Waals surface area contributed by atoms with E-state index in [1.54, 1.807) is 0 Å². The van der Waals surface area contributed by atoms with Crippen LogP contribution in [0.1, 0.15) is 4.44 Å². The van der Waals surface area contributed by atoms with Crippen LogP contribution >= 0.6 is 0 Å². The van der Waals surface area contributed by atoms with Crippen molar-refractivity contribution in [2.24, 2.45) is 4.99 Å². The van der Waals surface area contributed by atoms with Crippen molar-refractivity contribution in [1.29, 1.82) is 0 Å². The number of rotatable bonds is 1. The van der Waals surface area contributed by atoms with E-state index in [1.165, 1.54) is 18.2 Å². The molecular formula is C16H8FNO2Se. The molecular weight excluding hydrogens is 336 g/mol. The molecule has 102 valence electrons. The maximum atomic E-state index is 13.5. The third kappa shape index (κ3) is 1.78. The average Bonchev–Trinajstić information content (AvgIpc) is 2.96. The van der Waals surface area contributed by atoms with Gasteiger partial charge in [0.2, 0.25) is 0 Å². The Kier molecular flexibility index (Phi) is 2.61. The first kappa shape index (κ1) is 12.5. The third-order valence-electron chi connectivity index (χ3n) is 3.46. The van der Waals surface area contributed by atoms with E-state index in [9.17, 15) is 14.3 Å². The van der Waals surface area contributed by atoms with Gasteiger partial charge >= 0.3 is 124 Å². The van der Waals surface area contributed by atoms with Crippen molar-refractivity contribution in [3.8, 4) is 5.75 Å². The van der Waals surface area contributed by atoms with Gasteiger partial charge in [-0.3, -0.25) is 0 Å². The zero-order chi connectivity index (χ0) is 14.6. The molecule has 21 heavy (non-hydrogen) atoms. The summed E-state index contributed by atoms with van der Waals surface area (Å²) >= 11 is -0.185. The van der Waals surface area contributed by atoms with Gasteiger partial charge in [0, 0.05) is 0 Å². The molecule has 0 radical (unpaired) electrons. The first-order valence-corrected chi connectivity index (χ1v) is 8.00. The van der Waals surface area contributed by atoms with E-state index in [2.05, 4.69) is 4.99 Å². The number of carbonyl (C=O) groups is 1. The SMILES string of the molecule is O=C1N=c2ccc(F)cc2=C1c1[se]c2ccccc2c1O. The molecule has 0 unspecified atom stereocenters. The number of hydrogen-bond donors (Lipinski definition) is 1. The molecule has 4 rings (SSSR count). The molecule has 0 atom stereocenters. The number of hydrogen-bond acceptors (Lipinski definition) is 2.